The van der Waals surface area contributed by atoms with Gasteiger partial charge in [0.15, 0.2) is 0 Å². The van der Waals surface area contributed by atoms with E-state index in [1.807, 2.05) is 66.7 Å². The van der Waals surface area contributed by atoms with Gasteiger partial charge in [0.25, 0.3) is 0 Å². The highest BCUT2D eigenvalue weighted by atomic mass is 16.5. The molecule has 0 saturated carbocycles. The Balaban J connectivity index is 1.96. The molecule has 0 aromatic heterocycles. The summed E-state index contributed by atoms with van der Waals surface area (Å²) in [5.41, 5.74) is 1.88. The fourth-order valence-electron chi connectivity index (χ4n) is 2.33. The Kier molecular flexibility index (Phi) is 3.83. The Morgan fingerprint density at radius 1 is 0.905 bits per heavy atom. The number of fused-ring (bicyclic) bond motifs is 1. The fourth-order valence-corrected chi connectivity index (χ4v) is 2.33. The molecule has 3 aromatic rings. The molecule has 0 fully saturated rings. The second kappa shape index (κ2) is 6.09. The fraction of sp³-hybridized carbons (Fsp3) is 0.0556. The predicted octanol–water partition coefficient (Wildman–Crippen LogP) is 4.23. The van der Waals surface area contributed by atoms with Crippen molar-refractivity contribution in [3.63, 3.8) is 0 Å². The van der Waals surface area contributed by atoms with Crippen LogP contribution in [0.2, 0.25) is 0 Å². The first kappa shape index (κ1) is 13.2. The summed E-state index contributed by atoms with van der Waals surface area (Å²) < 4.78 is 5.88. The maximum absolute atomic E-state index is 8.90. The summed E-state index contributed by atoms with van der Waals surface area (Å²) in [6.45, 7) is 0.478. The second-order valence-electron chi connectivity index (χ2n) is 4.72. The second-order valence-corrected chi connectivity index (χ2v) is 4.72. The van der Waals surface area contributed by atoms with E-state index in [1.54, 1.807) is 0 Å². The monoisotopic (exact) mass is 277 g/mol. The first-order valence-electron chi connectivity index (χ1n) is 6.74. The van der Waals surface area contributed by atoms with Crippen molar-refractivity contribution in [3.05, 3.63) is 77.9 Å². The lowest BCUT2D eigenvalue weighted by atomic mass is 10.0. The number of ether oxygens (including phenoxy) is 1. The van der Waals surface area contributed by atoms with Crippen molar-refractivity contribution in [2.45, 2.75) is 6.61 Å². The number of hydrogen-bond acceptors (Lipinski definition) is 3. The minimum Gasteiger partial charge on any atom is -0.488 e. The third-order valence-electron chi connectivity index (χ3n) is 3.35. The lowest BCUT2D eigenvalue weighted by molar-refractivity contribution is 0.304. The molecule has 104 valence electrons. The van der Waals surface area contributed by atoms with Crippen molar-refractivity contribution in [1.29, 1.82) is 0 Å². The predicted molar refractivity (Wildman–Crippen MR) is 84.1 cm³/mol. The topological polar surface area (TPSA) is 41.8 Å². The average Bonchev–Trinajstić information content (AvgIpc) is 2.55. The van der Waals surface area contributed by atoms with Crippen molar-refractivity contribution in [2.24, 2.45) is 5.16 Å². The van der Waals surface area contributed by atoms with Gasteiger partial charge in [0, 0.05) is 5.56 Å². The van der Waals surface area contributed by atoms with Crippen molar-refractivity contribution < 1.29 is 9.94 Å². The maximum Gasteiger partial charge on any atom is 0.129 e. The Labute approximate surface area is 123 Å². The molecule has 0 heterocycles. The van der Waals surface area contributed by atoms with E-state index in [9.17, 15) is 0 Å². The Hall–Kier alpha value is -2.81. The molecule has 0 spiro atoms. The summed E-state index contributed by atoms with van der Waals surface area (Å²) in [7, 11) is 0. The van der Waals surface area contributed by atoms with Crippen LogP contribution in [0.4, 0.5) is 0 Å². The van der Waals surface area contributed by atoms with E-state index in [0.29, 0.717) is 12.4 Å². The summed E-state index contributed by atoms with van der Waals surface area (Å²) in [6.07, 6.45) is 1.42. The Bertz CT molecular complexity index is 767. The molecule has 0 aliphatic heterocycles. The molecule has 3 heteroatoms. The molecular weight excluding hydrogens is 262 g/mol. The van der Waals surface area contributed by atoms with Crippen LogP contribution in [-0.4, -0.2) is 11.4 Å². The van der Waals surface area contributed by atoms with Crippen LogP contribution in [0.25, 0.3) is 10.8 Å². The maximum atomic E-state index is 8.90. The van der Waals surface area contributed by atoms with E-state index in [2.05, 4.69) is 5.16 Å². The number of hydrogen-bond donors (Lipinski definition) is 1. The minimum atomic E-state index is 0.478. The van der Waals surface area contributed by atoms with Crippen LogP contribution in [0.15, 0.2) is 71.9 Å². The SMILES string of the molecule is O/N=C\c1c(OCc2ccccc2)ccc2ccccc12. The van der Waals surface area contributed by atoms with Gasteiger partial charge in [-0.3, -0.25) is 0 Å². The van der Waals surface area contributed by atoms with Crippen molar-refractivity contribution >= 4 is 17.0 Å². The Morgan fingerprint density at radius 3 is 2.48 bits per heavy atom. The average molecular weight is 277 g/mol. The molecule has 0 saturated heterocycles. The van der Waals surface area contributed by atoms with Gasteiger partial charge in [-0.1, -0.05) is 65.8 Å². The summed E-state index contributed by atoms with van der Waals surface area (Å²) >= 11 is 0. The minimum absolute atomic E-state index is 0.478. The zero-order valence-electron chi connectivity index (χ0n) is 11.4. The van der Waals surface area contributed by atoms with E-state index in [-0.39, 0.29) is 0 Å². The van der Waals surface area contributed by atoms with Gasteiger partial charge in [-0.2, -0.15) is 0 Å². The molecular formula is C18H15NO2. The normalized spacial score (nSPS) is 11.0. The summed E-state index contributed by atoms with van der Waals surface area (Å²) in [5, 5.41) is 14.2. The van der Waals surface area contributed by atoms with Gasteiger partial charge in [-0.25, -0.2) is 0 Å². The van der Waals surface area contributed by atoms with Crippen LogP contribution in [-0.2, 0) is 6.61 Å². The van der Waals surface area contributed by atoms with E-state index >= 15 is 0 Å². The Morgan fingerprint density at radius 2 is 1.67 bits per heavy atom. The van der Waals surface area contributed by atoms with Gasteiger partial charge in [-0.05, 0) is 22.4 Å². The third kappa shape index (κ3) is 2.87. The number of nitrogens with zero attached hydrogens (tertiary/aromatic N) is 1. The zero-order valence-corrected chi connectivity index (χ0v) is 11.4. The summed E-state index contributed by atoms with van der Waals surface area (Å²) in [5.74, 6) is 0.704. The molecule has 1 N–H and O–H groups in total. The van der Waals surface area contributed by atoms with Gasteiger partial charge in [0.2, 0.25) is 0 Å². The smallest absolute Gasteiger partial charge is 0.129 e. The first-order valence-corrected chi connectivity index (χ1v) is 6.74. The van der Waals surface area contributed by atoms with Crippen LogP contribution < -0.4 is 4.74 Å². The van der Waals surface area contributed by atoms with Crippen molar-refractivity contribution in [3.8, 4) is 5.75 Å². The molecule has 0 unspecified atom stereocenters. The summed E-state index contributed by atoms with van der Waals surface area (Å²) in [6, 6.07) is 21.8. The highest BCUT2D eigenvalue weighted by molar-refractivity contribution is 6.02. The standard InChI is InChI=1S/C18H15NO2/c20-19-12-17-16-9-5-4-8-15(16)10-11-18(17)21-13-14-6-2-1-3-7-14/h1-12,20H,13H2/b19-12-. The molecule has 0 amide bonds. The third-order valence-corrected chi connectivity index (χ3v) is 3.35. The molecule has 3 rings (SSSR count). The lowest BCUT2D eigenvalue weighted by Gasteiger charge is -2.11. The summed E-state index contributed by atoms with van der Waals surface area (Å²) in [4.78, 5) is 0. The van der Waals surface area contributed by atoms with E-state index in [4.69, 9.17) is 9.94 Å². The first-order chi connectivity index (χ1) is 10.4. The number of benzene rings is 3. The zero-order chi connectivity index (χ0) is 14.5. The quantitative estimate of drug-likeness (QED) is 0.440. The largest absolute Gasteiger partial charge is 0.488 e. The molecule has 0 aliphatic rings. The van der Waals surface area contributed by atoms with Gasteiger partial charge >= 0.3 is 0 Å². The van der Waals surface area contributed by atoms with Crippen LogP contribution in [0, 0.1) is 0 Å². The lowest BCUT2D eigenvalue weighted by Crippen LogP contribution is -1.99. The molecule has 0 aliphatic carbocycles. The highest BCUT2D eigenvalue weighted by Crippen LogP contribution is 2.27. The van der Waals surface area contributed by atoms with Gasteiger partial charge in [0.05, 0.1) is 6.21 Å². The molecule has 3 nitrogen and oxygen atoms in total. The number of rotatable bonds is 4. The van der Waals surface area contributed by atoms with Crippen LogP contribution in [0.3, 0.4) is 0 Å². The van der Waals surface area contributed by atoms with Gasteiger partial charge < -0.3 is 9.94 Å². The number of oxime groups is 1. The van der Waals surface area contributed by atoms with Crippen LogP contribution in [0.5, 0.6) is 5.75 Å². The van der Waals surface area contributed by atoms with Gasteiger partial charge in [-0.15, -0.1) is 0 Å². The molecule has 0 radical (unpaired) electrons. The molecule has 0 atom stereocenters. The van der Waals surface area contributed by atoms with Crippen LogP contribution >= 0.6 is 0 Å². The van der Waals surface area contributed by atoms with E-state index < -0.39 is 0 Å². The highest BCUT2D eigenvalue weighted by Gasteiger charge is 2.07. The molecule has 21 heavy (non-hydrogen) atoms. The molecule has 0 bridgehead atoms. The van der Waals surface area contributed by atoms with E-state index in [0.717, 1.165) is 21.9 Å². The van der Waals surface area contributed by atoms with Crippen molar-refractivity contribution in [2.75, 3.05) is 0 Å². The van der Waals surface area contributed by atoms with Crippen molar-refractivity contribution in [1.82, 2.24) is 0 Å². The van der Waals surface area contributed by atoms with Crippen LogP contribution in [0.1, 0.15) is 11.1 Å². The molecule has 3 aromatic carbocycles. The van der Waals surface area contributed by atoms with E-state index in [1.165, 1.54) is 6.21 Å². The van der Waals surface area contributed by atoms with Gasteiger partial charge in [0.1, 0.15) is 12.4 Å².